The number of benzene rings is 2. The number of hydrogen-bond acceptors (Lipinski definition) is 2. The largest absolute Gasteiger partial charge is 0.325 e. The lowest BCUT2D eigenvalue weighted by Gasteiger charge is -2.10. The standard InChI is InChI=1S/C19H21NOS/c1-4-11-22-18-8-6-5-7-17(18)20-19(21)13-16-10-9-14(2)15(3)12-16/h4-10,12H,1,11,13H2,2-3H3,(H,20,21). The third-order valence-corrected chi connectivity index (χ3v) is 4.52. The van der Waals surface area contributed by atoms with Crippen LogP contribution < -0.4 is 5.32 Å². The Morgan fingerprint density at radius 1 is 1.18 bits per heavy atom. The van der Waals surface area contributed by atoms with Gasteiger partial charge in [0.1, 0.15) is 0 Å². The molecule has 3 heteroatoms. The molecule has 2 rings (SSSR count). The van der Waals surface area contributed by atoms with Gasteiger partial charge in [-0.3, -0.25) is 4.79 Å². The predicted molar refractivity (Wildman–Crippen MR) is 95.6 cm³/mol. The van der Waals surface area contributed by atoms with Crippen molar-refractivity contribution in [3.63, 3.8) is 0 Å². The maximum atomic E-state index is 12.3. The lowest BCUT2D eigenvalue weighted by Crippen LogP contribution is -2.15. The molecular formula is C19H21NOS. The van der Waals surface area contributed by atoms with Crippen molar-refractivity contribution >= 4 is 23.4 Å². The third kappa shape index (κ3) is 4.50. The average molecular weight is 311 g/mol. The second kappa shape index (κ2) is 7.85. The van der Waals surface area contributed by atoms with Crippen LogP contribution in [0.3, 0.4) is 0 Å². The third-order valence-electron chi connectivity index (χ3n) is 3.45. The highest BCUT2D eigenvalue weighted by molar-refractivity contribution is 7.99. The number of aryl methyl sites for hydroxylation is 2. The highest BCUT2D eigenvalue weighted by Gasteiger charge is 2.08. The lowest BCUT2D eigenvalue weighted by molar-refractivity contribution is -0.115. The minimum atomic E-state index is 0.00917. The van der Waals surface area contributed by atoms with Crippen LogP contribution in [0.2, 0.25) is 0 Å². The smallest absolute Gasteiger partial charge is 0.228 e. The fourth-order valence-electron chi connectivity index (χ4n) is 2.14. The summed E-state index contributed by atoms with van der Waals surface area (Å²) in [7, 11) is 0. The molecule has 1 amide bonds. The number of carbonyl (C=O) groups is 1. The number of anilines is 1. The van der Waals surface area contributed by atoms with E-state index in [1.165, 1.54) is 11.1 Å². The molecular weight excluding hydrogens is 290 g/mol. The lowest BCUT2D eigenvalue weighted by atomic mass is 10.0. The first-order valence-corrected chi connectivity index (χ1v) is 8.27. The molecule has 0 aliphatic carbocycles. The van der Waals surface area contributed by atoms with Gasteiger partial charge in [0, 0.05) is 10.6 Å². The molecule has 0 saturated heterocycles. The molecule has 1 N–H and O–H groups in total. The van der Waals surface area contributed by atoms with Crippen molar-refractivity contribution in [2.45, 2.75) is 25.2 Å². The number of amides is 1. The summed E-state index contributed by atoms with van der Waals surface area (Å²) >= 11 is 1.67. The Kier molecular flexibility index (Phi) is 5.84. The Labute approximate surface area is 136 Å². The van der Waals surface area contributed by atoms with Gasteiger partial charge in [-0.15, -0.1) is 18.3 Å². The number of rotatable bonds is 6. The van der Waals surface area contributed by atoms with Crippen LogP contribution in [0.1, 0.15) is 16.7 Å². The zero-order chi connectivity index (χ0) is 15.9. The van der Waals surface area contributed by atoms with Gasteiger partial charge < -0.3 is 5.32 Å². The Morgan fingerprint density at radius 3 is 2.68 bits per heavy atom. The summed E-state index contributed by atoms with van der Waals surface area (Å²) in [4.78, 5) is 13.3. The summed E-state index contributed by atoms with van der Waals surface area (Å²) in [5.41, 5.74) is 4.36. The van der Waals surface area contributed by atoms with E-state index in [2.05, 4.69) is 37.9 Å². The van der Waals surface area contributed by atoms with Crippen molar-refractivity contribution < 1.29 is 4.79 Å². The summed E-state index contributed by atoms with van der Waals surface area (Å²) in [6.07, 6.45) is 2.25. The minimum absolute atomic E-state index is 0.00917. The van der Waals surface area contributed by atoms with E-state index in [1.54, 1.807) is 11.8 Å². The number of carbonyl (C=O) groups excluding carboxylic acids is 1. The van der Waals surface area contributed by atoms with E-state index >= 15 is 0 Å². The SMILES string of the molecule is C=CCSc1ccccc1NC(=O)Cc1ccc(C)c(C)c1. The molecule has 0 unspecified atom stereocenters. The molecule has 0 aliphatic rings. The Hall–Kier alpha value is -2.00. The van der Waals surface area contributed by atoms with Gasteiger partial charge in [0.05, 0.1) is 12.1 Å². The number of hydrogen-bond donors (Lipinski definition) is 1. The molecule has 0 aromatic heterocycles. The molecule has 114 valence electrons. The Balaban J connectivity index is 2.05. The van der Waals surface area contributed by atoms with E-state index in [-0.39, 0.29) is 5.91 Å². The van der Waals surface area contributed by atoms with E-state index in [0.29, 0.717) is 6.42 Å². The number of thioether (sulfide) groups is 1. The van der Waals surface area contributed by atoms with Crippen LogP contribution in [0, 0.1) is 13.8 Å². The molecule has 0 bridgehead atoms. The second-order valence-corrected chi connectivity index (χ2v) is 6.30. The normalized spacial score (nSPS) is 10.3. The summed E-state index contributed by atoms with van der Waals surface area (Å²) in [5, 5.41) is 3.01. The number of nitrogens with one attached hydrogen (secondary N) is 1. The van der Waals surface area contributed by atoms with Gasteiger partial charge in [0.15, 0.2) is 0 Å². The van der Waals surface area contributed by atoms with Crippen LogP contribution >= 0.6 is 11.8 Å². The zero-order valence-corrected chi connectivity index (χ0v) is 13.9. The molecule has 0 fully saturated rings. The van der Waals surface area contributed by atoms with Crippen molar-refractivity contribution in [2.24, 2.45) is 0 Å². The monoisotopic (exact) mass is 311 g/mol. The van der Waals surface area contributed by atoms with Gasteiger partial charge in [-0.05, 0) is 42.7 Å². The van der Waals surface area contributed by atoms with Crippen LogP contribution in [-0.2, 0) is 11.2 Å². The first kappa shape index (κ1) is 16.4. The molecule has 2 aromatic rings. The van der Waals surface area contributed by atoms with Crippen LogP contribution in [-0.4, -0.2) is 11.7 Å². The van der Waals surface area contributed by atoms with Crippen molar-refractivity contribution in [1.29, 1.82) is 0 Å². The highest BCUT2D eigenvalue weighted by atomic mass is 32.2. The highest BCUT2D eigenvalue weighted by Crippen LogP contribution is 2.27. The Bertz CT molecular complexity index is 679. The topological polar surface area (TPSA) is 29.1 Å². The summed E-state index contributed by atoms with van der Waals surface area (Å²) in [6, 6.07) is 14.0. The van der Waals surface area contributed by atoms with Crippen LogP contribution in [0.25, 0.3) is 0 Å². The zero-order valence-electron chi connectivity index (χ0n) is 13.1. The molecule has 2 aromatic carbocycles. The van der Waals surface area contributed by atoms with Gasteiger partial charge >= 0.3 is 0 Å². The average Bonchev–Trinajstić information content (AvgIpc) is 2.50. The molecule has 0 heterocycles. The van der Waals surface area contributed by atoms with Crippen molar-refractivity contribution in [1.82, 2.24) is 0 Å². The molecule has 0 spiro atoms. The second-order valence-electron chi connectivity index (χ2n) is 5.24. The van der Waals surface area contributed by atoms with E-state index in [4.69, 9.17) is 0 Å². The quantitative estimate of drug-likeness (QED) is 0.615. The van der Waals surface area contributed by atoms with E-state index < -0.39 is 0 Å². The molecule has 0 atom stereocenters. The fraction of sp³-hybridized carbons (Fsp3) is 0.211. The Morgan fingerprint density at radius 2 is 1.95 bits per heavy atom. The maximum absolute atomic E-state index is 12.3. The van der Waals surface area contributed by atoms with Crippen molar-refractivity contribution in [3.05, 3.63) is 71.8 Å². The van der Waals surface area contributed by atoms with Crippen LogP contribution in [0.5, 0.6) is 0 Å². The predicted octanol–water partition coefficient (Wildman–Crippen LogP) is 4.76. The molecule has 2 nitrogen and oxygen atoms in total. The molecule has 0 radical (unpaired) electrons. The first-order chi connectivity index (χ1) is 10.6. The van der Waals surface area contributed by atoms with Crippen LogP contribution in [0.4, 0.5) is 5.69 Å². The molecule has 22 heavy (non-hydrogen) atoms. The molecule has 0 aliphatic heterocycles. The van der Waals surface area contributed by atoms with Gasteiger partial charge in [-0.25, -0.2) is 0 Å². The van der Waals surface area contributed by atoms with E-state index in [9.17, 15) is 4.79 Å². The van der Waals surface area contributed by atoms with Gasteiger partial charge in [-0.2, -0.15) is 0 Å². The van der Waals surface area contributed by atoms with E-state index in [0.717, 1.165) is 21.9 Å². The maximum Gasteiger partial charge on any atom is 0.228 e. The summed E-state index contributed by atoms with van der Waals surface area (Å²) in [5.74, 6) is 0.833. The number of para-hydroxylation sites is 1. The van der Waals surface area contributed by atoms with Gasteiger partial charge in [0.2, 0.25) is 5.91 Å². The first-order valence-electron chi connectivity index (χ1n) is 7.29. The van der Waals surface area contributed by atoms with Crippen LogP contribution in [0.15, 0.2) is 60.0 Å². The minimum Gasteiger partial charge on any atom is -0.325 e. The van der Waals surface area contributed by atoms with Gasteiger partial charge in [0.25, 0.3) is 0 Å². The molecule has 0 saturated carbocycles. The van der Waals surface area contributed by atoms with E-state index in [1.807, 2.05) is 36.4 Å². The van der Waals surface area contributed by atoms with Crippen molar-refractivity contribution in [3.8, 4) is 0 Å². The van der Waals surface area contributed by atoms with Gasteiger partial charge in [-0.1, -0.05) is 36.4 Å². The van der Waals surface area contributed by atoms with Crippen molar-refractivity contribution in [2.75, 3.05) is 11.1 Å². The summed E-state index contributed by atoms with van der Waals surface area (Å²) in [6.45, 7) is 7.87. The fourth-order valence-corrected chi connectivity index (χ4v) is 2.88. The summed E-state index contributed by atoms with van der Waals surface area (Å²) < 4.78 is 0.